The van der Waals surface area contributed by atoms with E-state index in [9.17, 15) is 4.79 Å². The van der Waals surface area contributed by atoms with Gasteiger partial charge in [-0.25, -0.2) is 0 Å². The van der Waals surface area contributed by atoms with Gasteiger partial charge in [-0.3, -0.25) is 9.78 Å². The molecule has 1 unspecified atom stereocenters. The Bertz CT molecular complexity index is 922. The smallest absolute Gasteiger partial charge is 0.257 e. The van der Waals surface area contributed by atoms with Crippen LogP contribution >= 0.6 is 11.6 Å². The van der Waals surface area contributed by atoms with E-state index in [1.165, 1.54) is 0 Å². The van der Waals surface area contributed by atoms with E-state index >= 15 is 0 Å². The molecule has 2 N–H and O–H groups in total. The number of pyridine rings is 1. The van der Waals surface area contributed by atoms with E-state index in [4.69, 9.17) is 16.3 Å². The molecule has 0 saturated heterocycles. The number of ether oxygens (including phenoxy) is 1. The number of halogens is 1. The summed E-state index contributed by atoms with van der Waals surface area (Å²) in [6, 6.07) is 21.1. The van der Waals surface area contributed by atoms with Gasteiger partial charge in [-0.15, -0.1) is 11.6 Å². The monoisotopic (exact) mass is 437 g/mol. The fraction of sp³-hybridized carbons (Fsp3) is 0.280. The molecule has 0 saturated carbocycles. The number of carbonyl (C=O) groups excluding carboxylic acids is 1. The highest BCUT2D eigenvalue weighted by Gasteiger charge is 2.15. The molecule has 162 valence electrons. The molecule has 1 aromatic heterocycles. The minimum Gasteiger partial charge on any atom is -0.355 e. The summed E-state index contributed by atoms with van der Waals surface area (Å²) in [6.07, 6.45) is 7.07. The standard InChI is InChI=1S/C25H28ClN3O2/c26-16-8-1-2-9-18-31-25(20-11-4-3-5-12-20)29-23-15-7-6-14-22(23)28-24(30)21-13-10-17-27-19-21/h3-7,10-15,17,19,25,29H,1-2,8-9,16,18H2,(H,28,30). The van der Waals surface area contributed by atoms with Crippen LogP contribution in [0.4, 0.5) is 11.4 Å². The molecular weight excluding hydrogens is 410 g/mol. The molecule has 1 amide bonds. The van der Waals surface area contributed by atoms with Crippen molar-refractivity contribution in [3.05, 3.63) is 90.3 Å². The Kier molecular flexibility index (Phi) is 9.35. The number of nitrogens with one attached hydrogen (secondary N) is 2. The number of unbranched alkanes of at least 4 members (excludes halogenated alkanes) is 3. The molecule has 31 heavy (non-hydrogen) atoms. The van der Waals surface area contributed by atoms with E-state index in [1.54, 1.807) is 24.5 Å². The quantitative estimate of drug-likeness (QED) is 0.199. The van der Waals surface area contributed by atoms with E-state index in [1.807, 2.05) is 54.6 Å². The molecule has 0 radical (unpaired) electrons. The summed E-state index contributed by atoms with van der Waals surface area (Å²) in [4.78, 5) is 16.6. The number of alkyl halides is 1. The molecule has 5 nitrogen and oxygen atoms in total. The highest BCUT2D eigenvalue weighted by Crippen LogP contribution is 2.27. The van der Waals surface area contributed by atoms with Crippen molar-refractivity contribution >= 4 is 28.9 Å². The molecule has 0 aliphatic carbocycles. The van der Waals surface area contributed by atoms with E-state index in [0.29, 0.717) is 23.7 Å². The predicted molar refractivity (Wildman–Crippen MR) is 127 cm³/mol. The summed E-state index contributed by atoms with van der Waals surface area (Å²) in [6.45, 7) is 0.638. The molecule has 1 atom stereocenters. The topological polar surface area (TPSA) is 63.2 Å². The highest BCUT2D eigenvalue weighted by molar-refractivity contribution is 6.17. The molecule has 2 aromatic carbocycles. The summed E-state index contributed by atoms with van der Waals surface area (Å²) in [5, 5.41) is 6.41. The fourth-order valence-electron chi connectivity index (χ4n) is 3.15. The van der Waals surface area contributed by atoms with Gasteiger partial charge < -0.3 is 15.4 Å². The molecule has 3 aromatic rings. The lowest BCUT2D eigenvalue weighted by Gasteiger charge is -2.23. The first-order valence-corrected chi connectivity index (χ1v) is 11.1. The highest BCUT2D eigenvalue weighted by atomic mass is 35.5. The van der Waals surface area contributed by atoms with Crippen LogP contribution in [0, 0.1) is 0 Å². The van der Waals surface area contributed by atoms with Crippen LogP contribution in [0.25, 0.3) is 0 Å². The maximum Gasteiger partial charge on any atom is 0.257 e. The van der Waals surface area contributed by atoms with Crippen LogP contribution in [0.1, 0.15) is 47.8 Å². The number of anilines is 2. The third-order valence-electron chi connectivity index (χ3n) is 4.80. The average molecular weight is 438 g/mol. The van der Waals surface area contributed by atoms with Gasteiger partial charge in [0.25, 0.3) is 5.91 Å². The zero-order valence-electron chi connectivity index (χ0n) is 17.5. The third kappa shape index (κ3) is 7.39. The normalized spacial score (nSPS) is 11.6. The SMILES string of the molecule is O=C(Nc1ccccc1NC(OCCCCCCCl)c1ccccc1)c1cccnc1. The Hall–Kier alpha value is -2.89. The van der Waals surface area contributed by atoms with Crippen molar-refractivity contribution in [2.45, 2.75) is 31.9 Å². The minimum absolute atomic E-state index is 0.209. The van der Waals surface area contributed by atoms with Crippen molar-refractivity contribution in [3.8, 4) is 0 Å². The summed E-state index contributed by atoms with van der Waals surface area (Å²) in [7, 11) is 0. The van der Waals surface area contributed by atoms with E-state index < -0.39 is 0 Å². The number of aromatic nitrogens is 1. The summed E-state index contributed by atoms with van der Waals surface area (Å²) < 4.78 is 6.19. The van der Waals surface area contributed by atoms with Crippen LogP contribution in [-0.4, -0.2) is 23.4 Å². The van der Waals surface area contributed by atoms with Gasteiger partial charge in [0.05, 0.1) is 16.9 Å². The summed E-state index contributed by atoms with van der Waals surface area (Å²) in [5.41, 5.74) is 3.00. The van der Waals surface area contributed by atoms with E-state index in [2.05, 4.69) is 15.6 Å². The van der Waals surface area contributed by atoms with Crippen LogP contribution in [0.15, 0.2) is 79.1 Å². The third-order valence-corrected chi connectivity index (χ3v) is 5.07. The number of nitrogens with zero attached hydrogens (tertiary/aromatic N) is 1. The van der Waals surface area contributed by atoms with E-state index in [0.717, 1.165) is 36.9 Å². The summed E-state index contributed by atoms with van der Waals surface area (Å²) >= 11 is 5.75. The largest absolute Gasteiger partial charge is 0.355 e. The Morgan fingerprint density at radius 1 is 0.903 bits per heavy atom. The fourth-order valence-corrected chi connectivity index (χ4v) is 3.34. The van der Waals surface area contributed by atoms with Gasteiger partial charge in [0, 0.05) is 30.4 Å². The maximum atomic E-state index is 12.6. The zero-order valence-corrected chi connectivity index (χ0v) is 18.2. The number of benzene rings is 2. The lowest BCUT2D eigenvalue weighted by Crippen LogP contribution is -2.18. The molecule has 0 fully saturated rings. The van der Waals surface area contributed by atoms with Crippen molar-refractivity contribution in [2.75, 3.05) is 23.1 Å². The predicted octanol–water partition coefficient (Wildman–Crippen LogP) is 6.26. The van der Waals surface area contributed by atoms with Gasteiger partial charge in [-0.2, -0.15) is 0 Å². The van der Waals surface area contributed by atoms with Crippen LogP contribution in [0.5, 0.6) is 0 Å². The van der Waals surface area contributed by atoms with Gasteiger partial charge in [0.15, 0.2) is 6.23 Å². The van der Waals surface area contributed by atoms with Gasteiger partial charge in [0.1, 0.15) is 0 Å². The number of amides is 1. The average Bonchev–Trinajstić information content (AvgIpc) is 2.82. The number of rotatable bonds is 12. The van der Waals surface area contributed by atoms with Crippen molar-refractivity contribution < 1.29 is 9.53 Å². The van der Waals surface area contributed by atoms with Crippen LogP contribution in [-0.2, 0) is 4.74 Å². The Morgan fingerprint density at radius 2 is 1.65 bits per heavy atom. The first kappa shape index (κ1) is 22.8. The Labute approximate surface area is 188 Å². The van der Waals surface area contributed by atoms with Gasteiger partial charge in [0.2, 0.25) is 0 Å². The van der Waals surface area contributed by atoms with Crippen LogP contribution in [0.2, 0.25) is 0 Å². The number of para-hydroxylation sites is 2. The van der Waals surface area contributed by atoms with Crippen LogP contribution in [0.3, 0.4) is 0 Å². The van der Waals surface area contributed by atoms with Crippen molar-refractivity contribution in [3.63, 3.8) is 0 Å². The molecule has 0 bridgehead atoms. The van der Waals surface area contributed by atoms with Crippen molar-refractivity contribution in [1.29, 1.82) is 0 Å². The van der Waals surface area contributed by atoms with E-state index in [-0.39, 0.29) is 12.1 Å². The number of carbonyl (C=O) groups is 1. The lowest BCUT2D eigenvalue weighted by atomic mass is 10.1. The number of hydrogen-bond acceptors (Lipinski definition) is 4. The minimum atomic E-state index is -0.328. The van der Waals surface area contributed by atoms with Gasteiger partial charge in [-0.05, 0) is 37.1 Å². The molecule has 0 aliphatic heterocycles. The lowest BCUT2D eigenvalue weighted by molar-refractivity contribution is 0.0690. The first-order valence-electron chi connectivity index (χ1n) is 10.6. The Balaban J connectivity index is 1.69. The second-order valence-corrected chi connectivity index (χ2v) is 7.53. The second kappa shape index (κ2) is 12.7. The molecule has 0 spiro atoms. The Morgan fingerprint density at radius 3 is 2.39 bits per heavy atom. The molecule has 3 rings (SSSR count). The first-order chi connectivity index (χ1) is 15.3. The van der Waals surface area contributed by atoms with Crippen molar-refractivity contribution in [1.82, 2.24) is 4.98 Å². The zero-order chi connectivity index (χ0) is 21.7. The number of hydrogen-bond donors (Lipinski definition) is 2. The molecule has 6 heteroatoms. The van der Waals surface area contributed by atoms with Gasteiger partial charge >= 0.3 is 0 Å². The maximum absolute atomic E-state index is 12.6. The van der Waals surface area contributed by atoms with Gasteiger partial charge in [-0.1, -0.05) is 55.3 Å². The summed E-state index contributed by atoms with van der Waals surface area (Å²) in [5.74, 6) is 0.496. The van der Waals surface area contributed by atoms with Crippen molar-refractivity contribution in [2.24, 2.45) is 0 Å². The molecular formula is C25H28ClN3O2. The molecule has 1 heterocycles. The molecule has 0 aliphatic rings. The second-order valence-electron chi connectivity index (χ2n) is 7.15. The van der Waals surface area contributed by atoms with Crippen LogP contribution < -0.4 is 10.6 Å².